The normalized spacial score (nSPS) is 11.8. The summed E-state index contributed by atoms with van der Waals surface area (Å²) >= 11 is 1.70. The molecule has 6 heteroatoms. The first-order valence-corrected chi connectivity index (χ1v) is 10.8. The smallest absolute Gasteiger partial charge is 0.265 e. The molecule has 0 radical (unpaired) electrons. The van der Waals surface area contributed by atoms with Gasteiger partial charge in [-0.15, -0.1) is 11.3 Å². The first-order valence-electron chi connectivity index (χ1n) is 10.00. The van der Waals surface area contributed by atoms with Crippen LogP contribution < -0.4 is 10.1 Å². The number of Topliss-reactive ketones (excluding diaryl/α,β-unsaturated/α-hetero) is 1. The molecule has 4 aromatic rings. The number of fused-ring (bicyclic) bond motifs is 1. The molecule has 1 unspecified atom stereocenters. The van der Waals surface area contributed by atoms with Crippen LogP contribution in [0.5, 0.6) is 5.75 Å². The molecule has 0 aliphatic rings. The number of nitrogens with zero attached hydrogens (tertiary/aromatic N) is 1. The average molecular weight is 431 g/mol. The van der Waals surface area contributed by atoms with Gasteiger partial charge in [-0.05, 0) is 55.8 Å². The summed E-state index contributed by atoms with van der Waals surface area (Å²) < 4.78 is 6.88. The Kier molecular flexibility index (Phi) is 6.09. The second kappa shape index (κ2) is 9.10. The van der Waals surface area contributed by atoms with Crippen LogP contribution in [0.2, 0.25) is 0 Å². The molecule has 1 atom stereocenters. The van der Waals surface area contributed by atoms with E-state index < -0.39 is 6.10 Å². The van der Waals surface area contributed by atoms with Gasteiger partial charge in [0, 0.05) is 17.7 Å². The van der Waals surface area contributed by atoms with Gasteiger partial charge in [0.05, 0.1) is 15.2 Å². The molecule has 0 fully saturated rings. The summed E-state index contributed by atoms with van der Waals surface area (Å²) in [6.07, 6.45) is 0.0455. The lowest BCUT2D eigenvalue weighted by Gasteiger charge is -2.15. The van der Waals surface area contributed by atoms with E-state index in [4.69, 9.17) is 4.74 Å². The average Bonchev–Trinajstić information content (AvgIpc) is 3.17. The predicted molar refractivity (Wildman–Crippen MR) is 124 cm³/mol. The maximum Gasteiger partial charge on any atom is 0.265 e. The summed E-state index contributed by atoms with van der Waals surface area (Å²) in [6, 6.07) is 22.7. The number of ether oxygens (including phenoxy) is 1. The zero-order valence-electron chi connectivity index (χ0n) is 17.3. The van der Waals surface area contributed by atoms with Crippen molar-refractivity contribution in [2.75, 3.05) is 5.32 Å². The highest BCUT2D eigenvalue weighted by atomic mass is 32.1. The Hall–Kier alpha value is -3.51. The molecule has 156 valence electrons. The van der Waals surface area contributed by atoms with Gasteiger partial charge in [-0.3, -0.25) is 9.59 Å². The first kappa shape index (κ1) is 20.8. The number of rotatable bonds is 7. The summed E-state index contributed by atoms with van der Waals surface area (Å²) in [6.45, 7) is 3.17. The number of thiazole rings is 1. The summed E-state index contributed by atoms with van der Waals surface area (Å²) in [5, 5.41) is 3.93. The Morgan fingerprint density at radius 3 is 2.55 bits per heavy atom. The van der Waals surface area contributed by atoms with Crippen LogP contribution in [0, 0.1) is 0 Å². The van der Waals surface area contributed by atoms with Crippen LogP contribution in [0.3, 0.4) is 0 Å². The Labute approximate surface area is 184 Å². The maximum atomic E-state index is 12.5. The minimum Gasteiger partial charge on any atom is -0.481 e. The number of benzene rings is 3. The van der Waals surface area contributed by atoms with Crippen molar-refractivity contribution in [3.05, 3.63) is 88.9 Å². The molecule has 31 heavy (non-hydrogen) atoms. The van der Waals surface area contributed by atoms with Crippen LogP contribution in [0.15, 0.2) is 72.8 Å². The molecule has 0 aliphatic carbocycles. The molecular weight excluding hydrogens is 408 g/mol. The van der Waals surface area contributed by atoms with E-state index >= 15 is 0 Å². The number of aromatic nitrogens is 1. The number of hydrogen-bond acceptors (Lipinski definition) is 5. The standard InChI is InChI=1S/C25H22N2O3S/c1-16(28)19-6-5-7-21(15-19)30-17(2)25(29)26-20-12-10-18(11-13-20)14-24-27-22-8-3-4-9-23(22)31-24/h3-13,15,17H,14H2,1-2H3,(H,26,29). The van der Waals surface area contributed by atoms with Crippen molar-refractivity contribution in [2.45, 2.75) is 26.4 Å². The molecule has 0 spiro atoms. The number of anilines is 1. The fraction of sp³-hybridized carbons (Fsp3) is 0.160. The van der Waals surface area contributed by atoms with Gasteiger partial charge in [-0.2, -0.15) is 0 Å². The van der Waals surface area contributed by atoms with Crippen molar-refractivity contribution in [3.63, 3.8) is 0 Å². The number of amides is 1. The Morgan fingerprint density at radius 2 is 1.81 bits per heavy atom. The van der Waals surface area contributed by atoms with E-state index in [9.17, 15) is 9.59 Å². The monoisotopic (exact) mass is 430 g/mol. The summed E-state index contributed by atoms with van der Waals surface area (Å²) in [5.41, 5.74) is 3.40. The van der Waals surface area contributed by atoms with Crippen molar-refractivity contribution >= 4 is 38.9 Å². The number of carbonyl (C=O) groups is 2. The number of hydrogen-bond donors (Lipinski definition) is 1. The van der Waals surface area contributed by atoms with Crippen LogP contribution in [0.4, 0.5) is 5.69 Å². The molecule has 5 nitrogen and oxygen atoms in total. The fourth-order valence-corrected chi connectivity index (χ4v) is 4.17. The highest BCUT2D eigenvalue weighted by Crippen LogP contribution is 2.24. The van der Waals surface area contributed by atoms with Crippen molar-refractivity contribution in [1.29, 1.82) is 0 Å². The molecule has 1 N–H and O–H groups in total. The fourth-order valence-electron chi connectivity index (χ4n) is 3.17. The van der Waals surface area contributed by atoms with Crippen LogP contribution in [0.1, 0.15) is 34.8 Å². The largest absolute Gasteiger partial charge is 0.481 e. The van der Waals surface area contributed by atoms with Crippen LogP contribution in [-0.4, -0.2) is 22.8 Å². The van der Waals surface area contributed by atoms with E-state index in [1.54, 1.807) is 42.5 Å². The van der Waals surface area contributed by atoms with Gasteiger partial charge >= 0.3 is 0 Å². The van der Waals surface area contributed by atoms with Gasteiger partial charge in [0.2, 0.25) is 0 Å². The summed E-state index contributed by atoms with van der Waals surface area (Å²) in [5.74, 6) is 0.183. The molecule has 1 heterocycles. The van der Waals surface area contributed by atoms with Gasteiger partial charge < -0.3 is 10.1 Å². The van der Waals surface area contributed by atoms with E-state index in [2.05, 4.69) is 16.4 Å². The molecule has 0 bridgehead atoms. The number of carbonyl (C=O) groups excluding carboxylic acids is 2. The van der Waals surface area contributed by atoms with Crippen molar-refractivity contribution < 1.29 is 14.3 Å². The summed E-state index contributed by atoms with van der Waals surface area (Å²) in [7, 11) is 0. The van der Waals surface area contributed by atoms with Crippen molar-refractivity contribution in [2.24, 2.45) is 0 Å². The number of nitrogens with one attached hydrogen (secondary N) is 1. The summed E-state index contributed by atoms with van der Waals surface area (Å²) in [4.78, 5) is 28.7. The molecule has 4 rings (SSSR count). The van der Waals surface area contributed by atoms with Gasteiger partial charge in [0.1, 0.15) is 5.75 Å². The van der Waals surface area contributed by atoms with E-state index in [-0.39, 0.29) is 11.7 Å². The third kappa shape index (κ3) is 5.16. The molecule has 1 aromatic heterocycles. The van der Waals surface area contributed by atoms with Gasteiger partial charge in [0.25, 0.3) is 5.91 Å². The minimum atomic E-state index is -0.704. The van der Waals surface area contributed by atoms with E-state index in [0.717, 1.165) is 22.5 Å². The quantitative estimate of drug-likeness (QED) is 0.393. The van der Waals surface area contributed by atoms with Gasteiger partial charge in [0.15, 0.2) is 11.9 Å². The van der Waals surface area contributed by atoms with Crippen molar-refractivity contribution in [3.8, 4) is 5.75 Å². The van der Waals surface area contributed by atoms with E-state index in [1.165, 1.54) is 11.6 Å². The predicted octanol–water partition coefficient (Wildman–Crippen LogP) is 5.50. The lowest BCUT2D eigenvalue weighted by Crippen LogP contribution is -2.30. The molecule has 0 aliphatic heterocycles. The number of para-hydroxylation sites is 1. The molecular formula is C25H22N2O3S. The highest BCUT2D eigenvalue weighted by Gasteiger charge is 2.15. The van der Waals surface area contributed by atoms with Gasteiger partial charge in [-0.1, -0.05) is 36.4 Å². The van der Waals surface area contributed by atoms with E-state index in [1.807, 2.05) is 42.5 Å². The second-order valence-electron chi connectivity index (χ2n) is 7.28. The Morgan fingerprint density at radius 1 is 1.03 bits per heavy atom. The molecule has 1 amide bonds. The van der Waals surface area contributed by atoms with Crippen LogP contribution >= 0.6 is 11.3 Å². The van der Waals surface area contributed by atoms with Crippen LogP contribution in [-0.2, 0) is 11.2 Å². The molecule has 0 saturated heterocycles. The third-order valence-corrected chi connectivity index (χ3v) is 5.87. The maximum absolute atomic E-state index is 12.5. The lowest BCUT2D eigenvalue weighted by atomic mass is 10.1. The van der Waals surface area contributed by atoms with Gasteiger partial charge in [-0.25, -0.2) is 4.98 Å². The molecule has 3 aromatic carbocycles. The molecule has 0 saturated carbocycles. The zero-order chi connectivity index (χ0) is 21.8. The Bertz CT molecular complexity index is 1200. The topological polar surface area (TPSA) is 68.3 Å². The third-order valence-electron chi connectivity index (χ3n) is 4.84. The Balaban J connectivity index is 1.36. The highest BCUT2D eigenvalue weighted by molar-refractivity contribution is 7.18. The second-order valence-corrected chi connectivity index (χ2v) is 8.40. The van der Waals surface area contributed by atoms with Crippen molar-refractivity contribution in [1.82, 2.24) is 4.98 Å². The number of ketones is 1. The van der Waals surface area contributed by atoms with Crippen LogP contribution in [0.25, 0.3) is 10.2 Å². The zero-order valence-corrected chi connectivity index (χ0v) is 18.1. The first-order chi connectivity index (χ1) is 15.0. The minimum absolute atomic E-state index is 0.0477. The SMILES string of the molecule is CC(=O)c1cccc(OC(C)C(=O)Nc2ccc(Cc3nc4ccccc4s3)cc2)c1. The lowest BCUT2D eigenvalue weighted by molar-refractivity contribution is -0.122. The van der Waals surface area contributed by atoms with E-state index in [0.29, 0.717) is 17.0 Å².